The Balaban J connectivity index is 0.000000144. The maximum atomic E-state index is 8.95. The standard InChI is InChI=1S/C6H5N3O.C3H4N2/c10-9-6-4-2-1-3-5(6)7-8-9;1-2-5-3-4-1/h1-4,10H;1-3H,(H,4,5). The topological polar surface area (TPSA) is 79.6 Å². The molecule has 0 spiro atoms. The summed E-state index contributed by atoms with van der Waals surface area (Å²) in [4.78, 5) is 7.18. The lowest BCUT2D eigenvalue weighted by Gasteiger charge is -1.85. The van der Waals surface area contributed by atoms with E-state index in [9.17, 15) is 0 Å². The summed E-state index contributed by atoms with van der Waals surface area (Å²) < 4.78 is 0. The zero-order valence-electron chi connectivity index (χ0n) is 7.78. The van der Waals surface area contributed by atoms with Gasteiger partial charge in [-0.2, -0.15) is 0 Å². The van der Waals surface area contributed by atoms with Crippen LogP contribution in [0.1, 0.15) is 0 Å². The van der Waals surface area contributed by atoms with Crippen LogP contribution < -0.4 is 0 Å². The molecule has 0 amide bonds. The fraction of sp³-hybridized carbons (Fsp3) is 0. The van der Waals surface area contributed by atoms with Gasteiger partial charge in [0.05, 0.1) is 6.33 Å². The number of rotatable bonds is 0. The predicted octanol–water partition coefficient (Wildman–Crippen LogP) is 1.08. The number of hydrogen-bond acceptors (Lipinski definition) is 4. The van der Waals surface area contributed by atoms with E-state index >= 15 is 0 Å². The van der Waals surface area contributed by atoms with E-state index in [1.54, 1.807) is 30.9 Å². The largest absolute Gasteiger partial charge is 0.410 e. The van der Waals surface area contributed by atoms with Gasteiger partial charge in [0.1, 0.15) is 11.0 Å². The molecule has 2 aromatic heterocycles. The van der Waals surface area contributed by atoms with E-state index in [1.807, 2.05) is 12.1 Å². The zero-order valence-corrected chi connectivity index (χ0v) is 7.78. The van der Waals surface area contributed by atoms with Crippen LogP contribution in [0.15, 0.2) is 43.0 Å². The van der Waals surface area contributed by atoms with Crippen LogP contribution in [-0.2, 0) is 0 Å². The van der Waals surface area contributed by atoms with E-state index in [-0.39, 0.29) is 0 Å². The van der Waals surface area contributed by atoms with Crippen molar-refractivity contribution < 1.29 is 5.21 Å². The first-order valence-electron chi connectivity index (χ1n) is 4.30. The quantitative estimate of drug-likeness (QED) is 0.536. The summed E-state index contributed by atoms with van der Waals surface area (Å²) in [7, 11) is 0. The third-order valence-electron chi connectivity index (χ3n) is 1.74. The van der Waals surface area contributed by atoms with Gasteiger partial charge in [-0.1, -0.05) is 17.0 Å². The van der Waals surface area contributed by atoms with Gasteiger partial charge in [0.25, 0.3) is 0 Å². The summed E-state index contributed by atoms with van der Waals surface area (Å²) in [6.07, 6.45) is 5.08. The van der Waals surface area contributed by atoms with Gasteiger partial charge in [-0.15, -0.1) is 5.10 Å². The number of aromatic amines is 1. The lowest BCUT2D eigenvalue weighted by Crippen LogP contribution is -1.90. The molecule has 76 valence electrons. The summed E-state index contributed by atoms with van der Waals surface area (Å²) in [5, 5.41) is 16.1. The first-order chi connectivity index (χ1) is 7.38. The van der Waals surface area contributed by atoms with Crippen LogP contribution in [0, 0.1) is 0 Å². The van der Waals surface area contributed by atoms with Gasteiger partial charge in [-0.3, -0.25) is 0 Å². The average molecular weight is 203 g/mol. The molecule has 0 saturated carbocycles. The van der Waals surface area contributed by atoms with Crippen LogP contribution >= 0.6 is 0 Å². The first-order valence-corrected chi connectivity index (χ1v) is 4.30. The Bertz CT molecular complexity index is 499. The zero-order chi connectivity index (χ0) is 10.5. The number of nitrogens with one attached hydrogen (secondary N) is 1. The molecule has 15 heavy (non-hydrogen) atoms. The molecule has 2 N–H and O–H groups in total. The van der Waals surface area contributed by atoms with E-state index < -0.39 is 0 Å². The molecule has 2 heterocycles. The summed E-state index contributed by atoms with van der Waals surface area (Å²) in [5.41, 5.74) is 1.33. The number of para-hydroxylation sites is 1. The summed E-state index contributed by atoms with van der Waals surface area (Å²) >= 11 is 0. The Morgan fingerprint density at radius 3 is 2.73 bits per heavy atom. The average Bonchev–Trinajstić information content (AvgIpc) is 2.92. The number of imidazole rings is 1. The van der Waals surface area contributed by atoms with Crippen molar-refractivity contribution >= 4 is 11.0 Å². The predicted molar refractivity (Wildman–Crippen MR) is 53.3 cm³/mol. The van der Waals surface area contributed by atoms with E-state index in [0.717, 1.165) is 4.85 Å². The monoisotopic (exact) mass is 203 g/mol. The van der Waals surface area contributed by atoms with E-state index in [0.29, 0.717) is 11.0 Å². The number of H-pyrrole nitrogens is 1. The van der Waals surface area contributed by atoms with Gasteiger partial charge in [-0.25, -0.2) is 4.98 Å². The molecule has 0 aliphatic heterocycles. The Morgan fingerprint density at radius 2 is 2.13 bits per heavy atom. The lowest BCUT2D eigenvalue weighted by molar-refractivity contribution is 0.155. The van der Waals surface area contributed by atoms with Crippen molar-refractivity contribution in [1.29, 1.82) is 0 Å². The summed E-state index contributed by atoms with van der Waals surface area (Å²) in [6.45, 7) is 0. The molecule has 0 fully saturated rings. The van der Waals surface area contributed by atoms with E-state index in [2.05, 4.69) is 20.3 Å². The van der Waals surface area contributed by atoms with E-state index in [4.69, 9.17) is 5.21 Å². The Morgan fingerprint density at radius 1 is 1.27 bits per heavy atom. The maximum Gasteiger partial charge on any atom is 0.130 e. The molecule has 0 aliphatic carbocycles. The lowest BCUT2D eigenvalue weighted by atomic mass is 10.3. The third kappa shape index (κ3) is 2.11. The molecule has 1 aromatic carbocycles. The molecule has 0 aliphatic rings. The highest BCUT2D eigenvalue weighted by Crippen LogP contribution is 2.06. The normalized spacial score (nSPS) is 9.60. The Kier molecular flexibility index (Phi) is 2.59. The van der Waals surface area contributed by atoms with Gasteiger partial charge < -0.3 is 10.2 Å². The Hall–Kier alpha value is -2.37. The van der Waals surface area contributed by atoms with Crippen LogP contribution in [0.3, 0.4) is 0 Å². The second kappa shape index (κ2) is 4.23. The minimum atomic E-state index is 0.627. The van der Waals surface area contributed by atoms with E-state index in [1.165, 1.54) is 0 Å². The fourth-order valence-corrected chi connectivity index (χ4v) is 1.07. The highest BCUT2D eigenvalue weighted by molar-refractivity contribution is 5.73. The maximum absolute atomic E-state index is 8.95. The molecular formula is C9H9N5O. The first kappa shape index (κ1) is 9.20. The number of nitrogens with zero attached hydrogens (tertiary/aromatic N) is 4. The molecule has 0 unspecified atom stereocenters. The van der Waals surface area contributed by atoms with Crippen molar-refractivity contribution in [3.63, 3.8) is 0 Å². The Labute approximate surface area is 85.1 Å². The molecule has 3 rings (SSSR count). The molecule has 6 nitrogen and oxygen atoms in total. The van der Waals surface area contributed by atoms with Crippen molar-refractivity contribution in [3.8, 4) is 0 Å². The van der Waals surface area contributed by atoms with Crippen LogP contribution in [0.25, 0.3) is 11.0 Å². The van der Waals surface area contributed by atoms with Crippen LogP contribution in [-0.4, -0.2) is 30.3 Å². The smallest absolute Gasteiger partial charge is 0.130 e. The van der Waals surface area contributed by atoms with Gasteiger partial charge in [0.2, 0.25) is 0 Å². The second-order valence-corrected chi connectivity index (χ2v) is 2.73. The highest BCUT2D eigenvalue weighted by atomic mass is 16.5. The minimum Gasteiger partial charge on any atom is -0.410 e. The molecule has 0 radical (unpaired) electrons. The minimum absolute atomic E-state index is 0.627. The van der Waals surface area contributed by atoms with Crippen molar-refractivity contribution in [3.05, 3.63) is 43.0 Å². The van der Waals surface area contributed by atoms with Crippen LogP contribution in [0.2, 0.25) is 0 Å². The SMILES string of the molecule is On1nnc2ccccc21.c1c[nH]cn1. The number of hydrogen-bond donors (Lipinski definition) is 2. The summed E-state index contributed by atoms with van der Waals surface area (Å²) in [5.74, 6) is 0. The number of fused-ring (bicyclic) bond motifs is 1. The third-order valence-corrected chi connectivity index (χ3v) is 1.74. The molecule has 0 bridgehead atoms. The molecule has 0 saturated heterocycles. The number of benzene rings is 1. The van der Waals surface area contributed by atoms with Gasteiger partial charge in [0.15, 0.2) is 0 Å². The molecule has 0 atom stereocenters. The number of aromatic nitrogens is 5. The van der Waals surface area contributed by atoms with Crippen molar-refractivity contribution in [2.45, 2.75) is 0 Å². The summed E-state index contributed by atoms with van der Waals surface area (Å²) in [6, 6.07) is 7.19. The van der Waals surface area contributed by atoms with Crippen molar-refractivity contribution in [1.82, 2.24) is 25.1 Å². The molecule has 3 aromatic rings. The highest BCUT2D eigenvalue weighted by Gasteiger charge is 1.98. The van der Waals surface area contributed by atoms with Crippen molar-refractivity contribution in [2.75, 3.05) is 0 Å². The van der Waals surface area contributed by atoms with Gasteiger partial charge in [-0.05, 0) is 17.3 Å². The van der Waals surface area contributed by atoms with Gasteiger partial charge >= 0.3 is 0 Å². The van der Waals surface area contributed by atoms with Gasteiger partial charge in [0, 0.05) is 12.4 Å². The van der Waals surface area contributed by atoms with Crippen LogP contribution in [0.4, 0.5) is 0 Å². The molecular weight excluding hydrogens is 194 g/mol. The fourth-order valence-electron chi connectivity index (χ4n) is 1.07. The molecule has 6 heteroatoms. The van der Waals surface area contributed by atoms with Crippen LogP contribution in [0.5, 0.6) is 0 Å². The van der Waals surface area contributed by atoms with Crippen molar-refractivity contribution in [2.24, 2.45) is 0 Å². The second-order valence-electron chi connectivity index (χ2n) is 2.73.